The molecule has 3 heteroatoms. The summed E-state index contributed by atoms with van der Waals surface area (Å²) in [6.45, 7) is 6.93. The summed E-state index contributed by atoms with van der Waals surface area (Å²) in [4.78, 5) is 3.26. The Labute approximate surface area is 88.5 Å². The molecule has 1 saturated carbocycles. The van der Waals surface area contributed by atoms with Gasteiger partial charge in [0.15, 0.2) is 0 Å². The van der Waals surface area contributed by atoms with Crippen LogP contribution in [0.2, 0.25) is 0 Å². The number of halogens is 1. The van der Waals surface area contributed by atoms with Crippen LogP contribution < -0.4 is 4.74 Å². The first-order valence-electron chi connectivity index (χ1n) is 5.13. The largest absolute Gasteiger partial charge is 0.501 e. The fourth-order valence-electron chi connectivity index (χ4n) is 1.86. The van der Waals surface area contributed by atoms with Crippen molar-refractivity contribution < 1.29 is 9.13 Å². The van der Waals surface area contributed by atoms with Crippen LogP contribution in [0.1, 0.15) is 25.7 Å². The fraction of sp³-hybridized carbons (Fsp3) is 0.417. The minimum Gasteiger partial charge on any atom is -0.501 e. The molecule has 0 bridgehead atoms. The summed E-state index contributed by atoms with van der Waals surface area (Å²) >= 11 is 0. The van der Waals surface area contributed by atoms with Gasteiger partial charge in [0.1, 0.15) is 11.6 Å². The first kappa shape index (κ1) is 9.97. The van der Waals surface area contributed by atoms with Crippen molar-refractivity contribution in [1.29, 1.82) is 0 Å². The molecule has 1 fully saturated rings. The third-order valence-corrected chi connectivity index (χ3v) is 2.64. The van der Waals surface area contributed by atoms with E-state index >= 15 is 0 Å². The second-order valence-corrected chi connectivity index (χ2v) is 3.75. The SMILES string of the molecule is [C-]#[N+]c1cc(F)ccc1OC1CCCC1. The second kappa shape index (κ2) is 4.31. The summed E-state index contributed by atoms with van der Waals surface area (Å²) in [5.74, 6) is 0.123. The average Bonchev–Trinajstić information content (AvgIpc) is 2.73. The van der Waals surface area contributed by atoms with Gasteiger partial charge in [0.05, 0.1) is 12.7 Å². The van der Waals surface area contributed by atoms with Crippen molar-refractivity contribution in [3.05, 3.63) is 35.4 Å². The molecule has 1 aromatic rings. The topological polar surface area (TPSA) is 13.6 Å². The summed E-state index contributed by atoms with van der Waals surface area (Å²) in [5, 5.41) is 0. The Morgan fingerprint density at radius 1 is 1.33 bits per heavy atom. The summed E-state index contributed by atoms with van der Waals surface area (Å²) in [6.07, 6.45) is 4.64. The highest BCUT2D eigenvalue weighted by Crippen LogP contribution is 2.32. The van der Waals surface area contributed by atoms with Gasteiger partial charge in [-0.15, -0.1) is 0 Å². The normalized spacial score (nSPS) is 16.3. The van der Waals surface area contributed by atoms with Crippen LogP contribution in [-0.4, -0.2) is 6.10 Å². The molecule has 0 atom stereocenters. The summed E-state index contributed by atoms with van der Waals surface area (Å²) in [7, 11) is 0. The van der Waals surface area contributed by atoms with Gasteiger partial charge in [-0.3, -0.25) is 0 Å². The molecule has 15 heavy (non-hydrogen) atoms. The molecular weight excluding hydrogens is 193 g/mol. The molecular formula is C12H12FNO. The first-order chi connectivity index (χ1) is 7.29. The van der Waals surface area contributed by atoms with E-state index in [-0.39, 0.29) is 17.6 Å². The lowest BCUT2D eigenvalue weighted by Crippen LogP contribution is -2.10. The van der Waals surface area contributed by atoms with Crippen LogP contribution in [0.15, 0.2) is 18.2 Å². The molecule has 2 nitrogen and oxygen atoms in total. The van der Waals surface area contributed by atoms with Crippen LogP contribution in [-0.2, 0) is 0 Å². The van der Waals surface area contributed by atoms with E-state index in [1.807, 2.05) is 0 Å². The van der Waals surface area contributed by atoms with E-state index in [4.69, 9.17) is 11.3 Å². The average molecular weight is 205 g/mol. The van der Waals surface area contributed by atoms with Crippen molar-refractivity contribution in [3.63, 3.8) is 0 Å². The molecule has 0 N–H and O–H groups in total. The number of nitrogens with zero attached hydrogens (tertiary/aromatic N) is 1. The van der Waals surface area contributed by atoms with E-state index in [9.17, 15) is 4.39 Å². The monoisotopic (exact) mass is 205 g/mol. The van der Waals surface area contributed by atoms with Gasteiger partial charge >= 0.3 is 0 Å². The minimum absolute atomic E-state index is 0.205. The lowest BCUT2D eigenvalue weighted by molar-refractivity contribution is 0.211. The predicted octanol–water partition coefficient (Wildman–Crippen LogP) is 3.70. The van der Waals surface area contributed by atoms with Crippen molar-refractivity contribution in [2.24, 2.45) is 0 Å². The Morgan fingerprint density at radius 2 is 2.07 bits per heavy atom. The van der Waals surface area contributed by atoms with Gasteiger partial charge in [0, 0.05) is 0 Å². The summed E-state index contributed by atoms with van der Waals surface area (Å²) in [6, 6.07) is 4.09. The molecule has 1 aliphatic carbocycles. The van der Waals surface area contributed by atoms with E-state index in [0.29, 0.717) is 5.75 Å². The molecule has 0 heterocycles. The zero-order chi connectivity index (χ0) is 10.7. The Hall–Kier alpha value is -1.56. The highest BCUT2D eigenvalue weighted by molar-refractivity contribution is 5.57. The minimum atomic E-state index is -0.389. The third-order valence-electron chi connectivity index (χ3n) is 2.64. The molecule has 78 valence electrons. The lowest BCUT2D eigenvalue weighted by Gasteiger charge is -2.14. The number of hydrogen-bond donors (Lipinski definition) is 0. The van der Waals surface area contributed by atoms with Crippen molar-refractivity contribution >= 4 is 5.69 Å². The van der Waals surface area contributed by atoms with Crippen molar-refractivity contribution in [3.8, 4) is 5.75 Å². The van der Waals surface area contributed by atoms with Crippen molar-refractivity contribution in [2.45, 2.75) is 31.8 Å². The Bertz CT molecular complexity index is 391. The highest BCUT2D eigenvalue weighted by atomic mass is 19.1. The van der Waals surface area contributed by atoms with E-state index in [2.05, 4.69) is 4.85 Å². The quantitative estimate of drug-likeness (QED) is 0.671. The Kier molecular flexibility index (Phi) is 2.86. The Morgan fingerprint density at radius 3 is 2.73 bits per heavy atom. The zero-order valence-corrected chi connectivity index (χ0v) is 8.37. The van der Waals surface area contributed by atoms with E-state index in [1.54, 1.807) is 6.07 Å². The van der Waals surface area contributed by atoms with Gasteiger partial charge in [-0.05, 0) is 43.9 Å². The highest BCUT2D eigenvalue weighted by Gasteiger charge is 2.18. The predicted molar refractivity (Wildman–Crippen MR) is 55.5 cm³/mol. The molecule has 0 amide bonds. The fourth-order valence-corrected chi connectivity index (χ4v) is 1.86. The van der Waals surface area contributed by atoms with E-state index in [1.165, 1.54) is 25.0 Å². The van der Waals surface area contributed by atoms with Crippen LogP contribution in [0.3, 0.4) is 0 Å². The number of benzene rings is 1. The van der Waals surface area contributed by atoms with Crippen LogP contribution in [0.5, 0.6) is 5.75 Å². The van der Waals surface area contributed by atoms with Gasteiger partial charge in [0.25, 0.3) is 0 Å². The van der Waals surface area contributed by atoms with Gasteiger partial charge in [-0.25, -0.2) is 9.24 Å². The maximum Gasteiger partial charge on any atom is 0.231 e. The maximum absolute atomic E-state index is 12.8. The summed E-state index contributed by atoms with van der Waals surface area (Å²) < 4.78 is 18.5. The smallest absolute Gasteiger partial charge is 0.231 e. The molecule has 1 aromatic carbocycles. The molecule has 0 aromatic heterocycles. The van der Waals surface area contributed by atoms with Gasteiger partial charge in [-0.1, -0.05) is 0 Å². The number of ether oxygens (including phenoxy) is 1. The number of hydrogen-bond acceptors (Lipinski definition) is 1. The molecule has 0 saturated heterocycles. The molecule has 0 aliphatic heterocycles. The third kappa shape index (κ3) is 2.27. The van der Waals surface area contributed by atoms with E-state index < -0.39 is 0 Å². The number of rotatable bonds is 2. The molecule has 0 unspecified atom stereocenters. The standard InChI is InChI=1S/C12H12FNO/c1-14-11-8-9(13)6-7-12(11)15-10-4-2-3-5-10/h6-8,10H,2-5H2. The molecule has 2 rings (SSSR count). The van der Waals surface area contributed by atoms with Crippen LogP contribution in [0.4, 0.5) is 10.1 Å². The van der Waals surface area contributed by atoms with Gasteiger partial charge < -0.3 is 4.74 Å². The van der Waals surface area contributed by atoms with Gasteiger partial charge in [-0.2, -0.15) is 0 Å². The second-order valence-electron chi connectivity index (χ2n) is 3.75. The van der Waals surface area contributed by atoms with Crippen LogP contribution >= 0.6 is 0 Å². The summed E-state index contributed by atoms with van der Waals surface area (Å²) in [5.41, 5.74) is 0.266. The van der Waals surface area contributed by atoms with E-state index in [0.717, 1.165) is 12.8 Å². The first-order valence-corrected chi connectivity index (χ1v) is 5.13. The lowest BCUT2D eigenvalue weighted by atomic mass is 10.2. The van der Waals surface area contributed by atoms with Crippen LogP contribution in [0, 0.1) is 12.4 Å². The van der Waals surface area contributed by atoms with Crippen molar-refractivity contribution in [2.75, 3.05) is 0 Å². The van der Waals surface area contributed by atoms with Crippen molar-refractivity contribution in [1.82, 2.24) is 0 Å². The molecule has 0 spiro atoms. The molecule has 1 aliphatic rings. The maximum atomic E-state index is 12.8. The van der Waals surface area contributed by atoms with Crippen LogP contribution in [0.25, 0.3) is 4.85 Å². The zero-order valence-electron chi connectivity index (χ0n) is 8.37. The Balaban J connectivity index is 2.16. The van der Waals surface area contributed by atoms with Gasteiger partial charge in [0.2, 0.25) is 5.69 Å². The molecule has 0 radical (unpaired) electrons.